The highest BCUT2D eigenvalue weighted by atomic mass is 32.2. The summed E-state index contributed by atoms with van der Waals surface area (Å²) in [5, 5.41) is 2.13. The number of hydrogen-bond acceptors (Lipinski definition) is 3. The molecule has 0 spiro atoms. The van der Waals surface area contributed by atoms with Crippen molar-refractivity contribution in [2.24, 2.45) is 0 Å². The van der Waals surface area contributed by atoms with Crippen molar-refractivity contribution in [2.45, 2.75) is 24.8 Å². The molecule has 3 aromatic rings. The Morgan fingerprint density at radius 2 is 1.71 bits per heavy atom. The van der Waals surface area contributed by atoms with Crippen LogP contribution in [0.25, 0.3) is 10.8 Å². The monoisotopic (exact) mass is 340 g/mol. The van der Waals surface area contributed by atoms with Gasteiger partial charge in [0.2, 0.25) is 10.0 Å². The van der Waals surface area contributed by atoms with E-state index in [1.807, 2.05) is 49.4 Å². The third-order valence-corrected chi connectivity index (χ3v) is 5.81. The minimum absolute atomic E-state index is 0.217. The Bertz CT molecular complexity index is 992. The number of benzene rings is 3. The molecule has 0 saturated heterocycles. The molecule has 3 rings (SSSR count). The van der Waals surface area contributed by atoms with E-state index in [4.69, 9.17) is 5.73 Å². The summed E-state index contributed by atoms with van der Waals surface area (Å²) >= 11 is 0. The van der Waals surface area contributed by atoms with Crippen molar-refractivity contribution in [1.29, 1.82) is 0 Å². The molecule has 0 bridgehead atoms. The van der Waals surface area contributed by atoms with Crippen LogP contribution >= 0.6 is 0 Å². The van der Waals surface area contributed by atoms with Crippen molar-refractivity contribution < 1.29 is 8.42 Å². The molecule has 0 unspecified atom stereocenters. The van der Waals surface area contributed by atoms with Gasteiger partial charge in [-0.2, -0.15) is 0 Å². The Labute approximate surface area is 142 Å². The lowest BCUT2D eigenvalue weighted by Crippen LogP contribution is -2.27. The van der Waals surface area contributed by atoms with Crippen LogP contribution in [0.1, 0.15) is 24.1 Å². The number of hydrogen-bond donors (Lipinski definition) is 2. The third-order valence-electron chi connectivity index (χ3n) is 4.12. The van der Waals surface area contributed by atoms with Crippen molar-refractivity contribution in [2.75, 3.05) is 5.73 Å². The summed E-state index contributed by atoms with van der Waals surface area (Å²) in [7, 11) is -3.66. The van der Waals surface area contributed by atoms with Gasteiger partial charge in [-0.3, -0.25) is 0 Å². The van der Waals surface area contributed by atoms with Crippen LogP contribution in [-0.4, -0.2) is 8.42 Å². The molecule has 0 saturated carbocycles. The molecule has 0 fully saturated rings. The highest BCUT2D eigenvalue weighted by Crippen LogP contribution is 2.26. The molecule has 0 amide bonds. The second-order valence-corrected chi connectivity index (χ2v) is 7.62. The number of rotatable bonds is 4. The zero-order valence-corrected chi connectivity index (χ0v) is 14.5. The molecule has 4 nitrogen and oxygen atoms in total. The lowest BCUT2D eigenvalue weighted by molar-refractivity contribution is 0.567. The van der Waals surface area contributed by atoms with E-state index in [2.05, 4.69) is 4.72 Å². The van der Waals surface area contributed by atoms with Crippen molar-refractivity contribution >= 4 is 26.5 Å². The van der Waals surface area contributed by atoms with Crippen LogP contribution < -0.4 is 10.5 Å². The first-order valence-corrected chi connectivity index (χ1v) is 9.23. The Kier molecular flexibility index (Phi) is 4.30. The predicted octanol–water partition coefficient (Wildman–Crippen LogP) is 3.77. The van der Waals surface area contributed by atoms with Gasteiger partial charge in [0.15, 0.2) is 0 Å². The topological polar surface area (TPSA) is 72.2 Å². The van der Waals surface area contributed by atoms with Crippen LogP contribution in [0.5, 0.6) is 0 Å². The summed E-state index contributed by atoms with van der Waals surface area (Å²) < 4.78 is 28.3. The van der Waals surface area contributed by atoms with Crippen molar-refractivity contribution in [3.63, 3.8) is 0 Å². The first-order chi connectivity index (χ1) is 11.4. The summed E-state index contributed by atoms with van der Waals surface area (Å²) in [5.74, 6) is 0. The second-order valence-electron chi connectivity index (χ2n) is 5.94. The number of nitrogen functional groups attached to an aromatic ring is 1. The van der Waals surface area contributed by atoms with Crippen LogP contribution in [0.2, 0.25) is 0 Å². The summed E-state index contributed by atoms with van der Waals surface area (Å²) in [6.07, 6.45) is 0. The van der Waals surface area contributed by atoms with Gasteiger partial charge in [0, 0.05) is 11.7 Å². The van der Waals surface area contributed by atoms with Gasteiger partial charge in [-0.25, -0.2) is 13.1 Å². The number of fused-ring (bicyclic) bond motifs is 1. The SMILES string of the molecule is Cc1ccc(N)cc1S(=O)(=O)N[C@H](C)c1cccc2ccccc12. The smallest absolute Gasteiger partial charge is 0.241 e. The zero-order chi connectivity index (χ0) is 17.3. The fraction of sp³-hybridized carbons (Fsp3) is 0.158. The molecular weight excluding hydrogens is 320 g/mol. The van der Waals surface area contributed by atoms with Crippen molar-refractivity contribution in [3.8, 4) is 0 Å². The van der Waals surface area contributed by atoms with E-state index in [-0.39, 0.29) is 10.9 Å². The molecule has 3 aromatic carbocycles. The van der Waals surface area contributed by atoms with Crippen LogP contribution in [0.15, 0.2) is 65.6 Å². The lowest BCUT2D eigenvalue weighted by atomic mass is 10.0. The molecule has 124 valence electrons. The Morgan fingerprint density at radius 3 is 2.50 bits per heavy atom. The van der Waals surface area contributed by atoms with Crippen LogP contribution in [0.3, 0.4) is 0 Å². The average Bonchev–Trinajstić information content (AvgIpc) is 2.56. The molecule has 5 heteroatoms. The van der Waals surface area contributed by atoms with Gasteiger partial charge in [0.25, 0.3) is 0 Å². The van der Waals surface area contributed by atoms with Crippen LogP contribution in [-0.2, 0) is 10.0 Å². The molecule has 0 aliphatic rings. The number of aryl methyl sites for hydroxylation is 1. The van der Waals surface area contributed by atoms with Gasteiger partial charge in [-0.05, 0) is 47.9 Å². The molecule has 0 heterocycles. The van der Waals surface area contributed by atoms with Crippen LogP contribution in [0.4, 0.5) is 5.69 Å². The fourth-order valence-corrected chi connectivity index (χ4v) is 4.40. The number of sulfonamides is 1. The zero-order valence-electron chi connectivity index (χ0n) is 13.7. The molecule has 0 aromatic heterocycles. The molecule has 0 aliphatic carbocycles. The highest BCUT2D eigenvalue weighted by Gasteiger charge is 2.21. The van der Waals surface area contributed by atoms with E-state index in [1.165, 1.54) is 6.07 Å². The van der Waals surface area contributed by atoms with E-state index in [0.717, 1.165) is 16.3 Å². The highest BCUT2D eigenvalue weighted by molar-refractivity contribution is 7.89. The second kappa shape index (κ2) is 6.26. The van der Waals surface area contributed by atoms with Gasteiger partial charge >= 0.3 is 0 Å². The van der Waals surface area contributed by atoms with E-state index in [1.54, 1.807) is 19.1 Å². The van der Waals surface area contributed by atoms with E-state index in [9.17, 15) is 8.42 Å². The van der Waals surface area contributed by atoms with Gasteiger partial charge < -0.3 is 5.73 Å². The third kappa shape index (κ3) is 3.13. The fourth-order valence-electron chi connectivity index (χ4n) is 2.89. The number of nitrogens with two attached hydrogens (primary N) is 1. The van der Waals surface area contributed by atoms with E-state index >= 15 is 0 Å². The maximum absolute atomic E-state index is 12.8. The maximum Gasteiger partial charge on any atom is 0.241 e. The predicted molar refractivity (Wildman–Crippen MR) is 98.3 cm³/mol. The summed E-state index contributed by atoms with van der Waals surface area (Å²) in [5.41, 5.74) is 7.79. The van der Waals surface area contributed by atoms with Crippen LogP contribution in [0, 0.1) is 6.92 Å². The van der Waals surface area contributed by atoms with Crippen molar-refractivity contribution in [3.05, 3.63) is 71.8 Å². The molecule has 1 atom stereocenters. The Hall–Kier alpha value is -2.37. The van der Waals surface area contributed by atoms with E-state index in [0.29, 0.717) is 11.3 Å². The summed E-state index contributed by atoms with van der Waals surface area (Å²) in [6, 6.07) is 18.4. The van der Waals surface area contributed by atoms with Crippen molar-refractivity contribution in [1.82, 2.24) is 4.72 Å². The Morgan fingerprint density at radius 1 is 1.00 bits per heavy atom. The van der Waals surface area contributed by atoms with Gasteiger partial charge in [-0.15, -0.1) is 0 Å². The van der Waals surface area contributed by atoms with E-state index < -0.39 is 10.0 Å². The lowest BCUT2D eigenvalue weighted by Gasteiger charge is -2.18. The number of nitrogens with one attached hydrogen (secondary N) is 1. The molecule has 3 N–H and O–H groups in total. The van der Waals surface area contributed by atoms with Gasteiger partial charge in [-0.1, -0.05) is 48.5 Å². The first-order valence-electron chi connectivity index (χ1n) is 7.74. The maximum atomic E-state index is 12.8. The molecule has 0 radical (unpaired) electrons. The molecular formula is C19H20N2O2S. The minimum Gasteiger partial charge on any atom is -0.399 e. The summed E-state index contributed by atoms with van der Waals surface area (Å²) in [4.78, 5) is 0.217. The molecule has 24 heavy (non-hydrogen) atoms. The minimum atomic E-state index is -3.66. The van der Waals surface area contributed by atoms with Gasteiger partial charge in [0.1, 0.15) is 0 Å². The quantitative estimate of drug-likeness (QED) is 0.710. The normalized spacial score (nSPS) is 13.1. The summed E-state index contributed by atoms with van der Waals surface area (Å²) in [6.45, 7) is 3.61. The van der Waals surface area contributed by atoms with Gasteiger partial charge in [0.05, 0.1) is 4.90 Å². The first kappa shape index (κ1) is 16.5. The standard InChI is InChI=1S/C19H20N2O2S/c1-13-10-11-16(20)12-19(13)24(22,23)21-14(2)17-9-5-7-15-6-3-4-8-18(15)17/h3-12,14,21H,20H2,1-2H3/t14-/m1/s1. The largest absolute Gasteiger partial charge is 0.399 e. The number of anilines is 1. The Balaban J connectivity index is 1.99. The average molecular weight is 340 g/mol. The molecule has 0 aliphatic heterocycles.